The Labute approximate surface area is 82.5 Å². The summed E-state index contributed by atoms with van der Waals surface area (Å²) in [4.78, 5) is 11.1. The molecule has 0 radical (unpaired) electrons. The molecule has 1 aromatic carbocycles. The van der Waals surface area contributed by atoms with Crippen LogP contribution >= 0.6 is 0 Å². The lowest BCUT2D eigenvalue weighted by atomic mass is 10.2. The number of carbonyl (C=O) groups excluding carboxylic acids is 1. The number of ether oxygens (including phenoxy) is 1. The number of nitrogens with one attached hydrogen (secondary N) is 1. The molecule has 0 aromatic heterocycles. The normalized spacial score (nSPS) is 9.57. The van der Waals surface area contributed by atoms with Gasteiger partial charge in [0.05, 0.1) is 6.61 Å². The summed E-state index contributed by atoms with van der Waals surface area (Å²) < 4.78 is 4.72. The molecule has 1 rings (SSSR count). The maximum absolute atomic E-state index is 11.1. The number of benzene rings is 1. The highest BCUT2D eigenvalue weighted by Crippen LogP contribution is 2.19. The molecule has 0 heterocycles. The van der Waals surface area contributed by atoms with Gasteiger partial charge in [-0.25, -0.2) is 4.79 Å². The smallest absolute Gasteiger partial charge is 0.411 e. The van der Waals surface area contributed by atoms with E-state index in [2.05, 4.69) is 5.32 Å². The van der Waals surface area contributed by atoms with Crippen LogP contribution in [-0.4, -0.2) is 17.8 Å². The molecule has 4 nitrogen and oxygen atoms in total. The van der Waals surface area contributed by atoms with Crippen molar-refractivity contribution in [3.05, 3.63) is 23.8 Å². The summed E-state index contributed by atoms with van der Waals surface area (Å²) in [6, 6.07) is 4.71. The van der Waals surface area contributed by atoms with Gasteiger partial charge < -0.3 is 9.84 Å². The molecule has 0 aliphatic heterocycles. The monoisotopic (exact) mass is 195 g/mol. The van der Waals surface area contributed by atoms with Crippen LogP contribution in [0.15, 0.2) is 18.2 Å². The van der Waals surface area contributed by atoms with Crippen molar-refractivity contribution in [2.45, 2.75) is 13.8 Å². The summed E-state index contributed by atoms with van der Waals surface area (Å²) in [5.41, 5.74) is 1.43. The van der Waals surface area contributed by atoms with Crippen molar-refractivity contribution in [1.82, 2.24) is 0 Å². The fraction of sp³-hybridized carbons (Fsp3) is 0.300. The van der Waals surface area contributed by atoms with E-state index >= 15 is 0 Å². The first-order valence-corrected chi connectivity index (χ1v) is 4.37. The predicted octanol–water partition coefficient (Wildman–Crippen LogP) is 2.27. The van der Waals surface area contributed by atoms with Crippen LogP contribution in [0.25, 0.3) is 0 Å². The third kappa shape index (κ3) is 2.65. The van der Waals surface area contributed by atoms with E-state index in [1.165, 1.54) is 6.07 Å². The molecular formula is C10H13NO3. The second-order valence-corrected chi connectivity index (χ2v) is 2.84. The van der Waals surface area contributed by atoms with Crippen LogP contribution in [0.2, 0.25) is 0 Å². The number of phenolic OH excluding ortho intramolecular Hbond substituents is 1. The SMILES string of the molecule is CCOC(=O)Nc1ccc(O)cc1C. The summed E-state index contributed by atoms with van der Waals surface area (Å²) in [6.07, 6.45) is -0.485. The lowest BCUT2D eigenvalue weighted by Crippen LogP contribution is -2.13. The van der Waals surface area contributed by atoms with E-state index < -0.39 is 6.09 Å². The fourth-order valence-electron chi connectivity index (χ4n) is 1.07. The number of hydrogen-bond donors (Lipinski definition) is 2. The van der Waals surface area contributed by atoms with E-state index in [0.717, 1.165) is 5.56 Å². The van der Waals surface area contributed by atoms with Gasteiger partial charge in [0.15, 0.2) is 0 Å². The molecule has 0 aliphatic carbocycles. The Morgan fingerprint density at radius 2 is 2.29 bits per heavy atom. The first kappa shape index (κ1) is 10.4. The van der Waals surface area contributed by atoms with E-state index in [1.54, 1.807) is 26.0 Å². The average Bonchev–Trinajstić information content (AvgIpc) is 2.10. The van der Waals surface area contributed by atoms with Crippen molar-refractivity contribution >= 4 is 11.8 Å². The number of anilines is 1. The number of hydrogen-bond acceptors (Lipinski definition) is 3. The quantitative estimate of drug-likeness (QED) is 0.711. The molecular weight excluding hydrogens is 182 g/mol. The Hall–Kier alpha value is -1.71. The minimum Gasteiger partial charge on any atom is -0.508 e. The van der Waals surface area contributed by atoms with Crippen molar-refractivity contribution in [2.24, 2.45) is 0 Å². The van der Waals surface area contributed by atoms with Gasteiger partial charge in [0.25, 0.3) is 0 Å². The zero-order valence-corrected chi connectivity index (χ0v) is 8.20. The second-order valence-electron chi connectivity index (χ2n) is 2.84. The average molecular weight is 195 g/mol. The van der Waals surface area contributed by atoms with E-state index in [1.807, 2.05) is 0 Å². The van der Waals surface area contributed by atoms with E-state index in [4.69, 9.17) is 9.84 Å². The Morgan fingerprint density at radius 1 is 1.57 bits per heavy atom. The lowest BCUT2D eigenvalue weighted by molar-refractivity contribution is 0.168. The predicted molar refractivity (Wildman–Crippen MR) is 53.5 cm³/mol. The largest absolute Gasteiger partial charge is 0.508 e. The molecule has 0 fully saturated rings. The summed E-state index contributed by atoms with van der Waals surface area (Å²) in [5.74, 6) is 0.178. The molecule has 4 heteroatoms. The minimum atomic E-state index is -0.485. The third-order valence-corrected chi connectivity index (χ3v) is 1.72. The number of amides is 1. The Kier molecular flexibility index (Phi) is 3.34. The molecule has 76 valence electrons. The molecule has 0 aliphatic rings. The maximum Gasteiger partial charge on any atom is 0.411 e. The zero-order chi connectivity index (χ0) is 10.6. The summed E-state index contributed by atoms with van der Waals surface area (Å²) >= 11 is 0. The van der Waals surface area contributed by atoms with Crippen LogP contribution in [0.1, 0.15) is 12.5 Å². The third-order valence-electron chi connectivity index (χ3n) is 1.72. The van der Waals surface area contributed by atoms with Gasteiger partial charge in [-0.3, -0.25) is 5.32 Å². The van der Waals surface area contributed by atoms with Crippen molar-refractivity contribution in [3.63, 3.8) is 0 Å². The van der Waals surface area contributed by atoms with Gasteiger partial charge in [-0.15, -0.1) is 0 Å². The molecule has 1 aromatic rings. The van der Waals surface area contributed by atoms with Gasteiger partial charge in [-0.2, -0.15) is 0 Å². The fourth-order valence-corrected chi connectivity index (χ4v) is 1.07. The first-order chi connectivity index (χ1) is 6.63. The van der Waals surface area contributed by atoms with Gasteiger partial charge in [-0.1, -0.05) is 0 Å². The van der Waals surface area contributed by atoms with Crippen LogP contribution in [0.5, 0.6) is 5.75 Å². The Bertz CT molecular complexity index is 336. The topological polar surface area (TPSA) is 58.6 Å². The highest BCUT2D eigenvalue weighted by molar-refractivity contribution is 5.85. The highest BCUT2D eigenvalue weighted by atomic mass is 16.5. The molecule has 1 amide bonds. The van der Waals surface area contributed by atoms with Gasteiger partial charge >= 0.3 is 6.09 Å². The summed E-state index contributed by atoms with van der Waals surface area (Å²) in [5, 5.41) is 11.7. The number of aryl methyl sites for hydroxylation is 1. The van der Waals surface area contributed by atoms with E-state index in [9.17, 15) is 4.79 Å². The van der Waals surface area contributed by atoms with Crippen LogP contribution in [-0.2, 0) is 4.74 Å². The molecule has 0 atom stereocenters. The number of rotatable bonds is 2. The number of phenols is 1. The summed E-state index contributed by atoms with van der Waals surface area (Å²) in [6.45, 7) is 3.87. The van der Waals surface area contributed by atoms with Crippen LogP contribution < -0.4 is 5.32 Å². The molecule has 14 heavy (non-hydrogen) atoms. The van der Waals surface area contributed by atoms with Crippen molar-refractivity contribution < 1.29 is 14.6 Å². The van der Waals surface area contributed by atoms with Crippen molar-refractivity contribution in [2.75, 3.05) is 11.9 Å². The van der Waals surface area contributed by atoms with Gasteiger partial charge in [0.1, 0.15) is 5.75 Å². The maximum atomic E-state index is 11.1. The van der Waals surface area contributed by atoms with E-state index in [0.29, 0.717) is 12.3 Å². The second kappa shape index (κ2) is 4.50. The zero-order valence-electron chi connectivity index (χ0n) is 8.20. The van der Waals surface area contributed by atoms with Crippen LogP contribution in [0.3, 0.4) is 0 Å². The van der Waals surface area contributed by atoms with Crippen molar-refractivity contribution in [1.29, 1.82) is 0 Å². The van der Waals surface area contributed by atoms with Crippen LogP contribution in [0.4, 0.5) is 10.5 Å². The number of carbonyl (C=O) groups is 1. The molecule has 0 spiro atoms. The number of aromatic hydroxyl groups is 1. The standard InChI is InChI=1S/C10H13NO3/c1-3-14-10(13)11-9-5-4-8(12)6-7(9)2/h4-6,12H,3H2,1-2H3,(H,11,13). The van der Waals surface area contributed by atoms with Gasteiger partial charge in [-0.05, 0) is 37.6 Å². The van der Waals surface area contributed by atoms with Gasteiger partial charge in [0, 0.05) is 5.69 Å². The Balaban J connectivity index is 2.72. The Morgan fingerprint density at radius 3 is 2.86 bits per heavy atom. The molecule has 0 saturated carbocycles. The van der Waals surface area contributed by atoms with Crippen molar-refractivity contribution in [3.8, 4) is 5.75 Å². The minimum absolute atomic E-state index is 0.178. The molecule has 0 bridgehead atoms. The first-order valence-electron chi connectivity index (χ1n) is 4.37. The van der Waals surface area contributed by atoms with E-state index in [-0.39, 0.29) is 5.75 Å². The highest BCUT2D eigenvalue weighted by Gasteiger charge is 2.04. The molecule has 2 N–H and O–H groups in total. The summed E-state index contributed by atoms with van der Waals surface area (Å²) in [7, 11) is 0. The van der Waals surface area contributed by atoms with Crippen LogP contribution in [0, 0.1) is 6.92 Å². The molecule has 0 unspecified atom stereocenters. The van der Waals surface area contributed by atoms with Gasteiger partial charge in [0.2, 0.25) is 0 Å². The lowest BCUT2D eigenvalue weighted by Gasteiger charge is -2.07. The molecule has 0 saturated heterocycles.